The SMILES string of the molecule is CC(C)(C)OC(=O)N1CCC[C@@H](C(=O)OCCl)C1. The van der Waals surface area contributed by atoms with E-state index in [9.17, 15) is 9.59 Å². The number of hydrogen-bond acceptors (Lipinski definition) is 4. The minimum absolute atomic E-state index is 0.151. The van der Waals surface area contributed by atoms with Gasteiger partial charge in [0.2, 0.25) is 0 Å². The van der Waals surface area contributed by atoms with Gasteiger partial charge in [0.05, 0.1) is 5.92 Å². The lowest BCUT2D eigenvalue weighted by molar-refractivity contribution is -0.148. The maximum atomic E-state index is 11.9. The Balaban J connectivity index is 2.53. The zero-order chi connectivity index (χ0) is 13.8. The van der Waals surface area contributed by atoms with Crippen molar-refractivity contribution in [1.29, 1.82) is 0 Å². The van der Waals surface area contributed by atoms with E-state index in [1.165, 1.54) is 0 Å². The molecule has 1 aliphatic rings. The van der Waals surface area contributed by atoms with Gasteiger partial charge in [0.15, 0.2) is 6.07 Å². The van der Waals surface area contributed by atoms with Gasteiger partial charge in [-0.2, -0.15) is 0 Å². The first-order valence-electron chi connectivity index (χ1n) is 6.04. The molecule has 0 saturated carbocycles. The third-order valence-electron chi connectivity index (χ3n) is 2.60. The molecule has 1 atom stereocenters. The number of ether oxygens (including phenoxy) is 2. The lowest BCUT2D eigenvalue weighted by Crippen LogP contribution is -2.45. The molecule has 5 nitrogen and oxygen atoms in total. The number of nitrogens with zero attached hydrogens (tertiary/aromatic N) is 1. The van der Waals surface area contributed by atoms with Crippen molar-refractivity contribution in [1.82, 2.24) is 4.90 Å². The molecule has 0 aromatic carbocycles. The van der Waals surface area contributed by atoms with Crippen LogP contribution in [0.1, 0.15) is 33.6 Å². The predicted molar refractivity (Wildman–Crippen MR) is 67.3 cm³/mol. The fourth-order valence-electron chi connectivity index (χ4n) is 1.83. The summed E-state index contributed by atoms with van der Waals surface area (Å²) in [7, 11) is 0. The molecule has 0 aromatic rings. The number of rotatable bonds is 2. The molecule has 1 rings (SSSR count). The smallest absolute Gasteiger partial charge is 0.410 e. The largest absolute Gasteiger partial charge is 0.449 e. The molecular formula is C12H20ClNO4. The van der Waals surface area contributed by atoms with Crippen LogP contribution in [0.2, 0.25) is 0 Å². The van der Waals surface area contributed by atoms with E-state index >= 15 is 0 Å². The second-order valence-electron chi connectivity index (χ2n) is 5.34. The van der Waals surface area contributed by atoms with E-state index in [1.807, 2.05) is 20.8 Å². The zero-order valence-corrected chi connectivity index (χ0v) is 11.8. The van der Waals surface area contributed by atoms with Gasteiger partial charge in [0.1, 0.15) is 5.60 Å². The second-order valence-corrected chi connectivity index (χ2v) is 5.56. The summed E-state index contributed by atoms with van der Waals surface area (Å²) in [6.45, 7) is 6.39. The van der Waals surface area contributed by atoms with Crippen LogP contribution < -0.4 is 0 Å². The highest BCUT2D eigenvalue weighted by Gasteiger charge is 2.31. The number of amides is 1. The van der Waals surface area contributed by atoms with Crippen LogP contribution in [0.3, 0.4) is 0 Å². The summed E-state index contributed by atoms with van der Waals surface area (Å²) in [5, 5.41) is 0. The van der Waals surface area contributed by atoms with Crippen LogP contribution in [0.4, 0.5) is 4.79 Å². The summed E-state index contributed by atoms with van der Waals surface area (Å²) in [6, 6.07) is -0.151. The van der Waals surface area contributed by atoms with E-state index in [0.717, 1.165) is 12.8 Å². The molecule has 0 aliphatic carbocycles. The molecule has 0 N–H and O–H groups in total. The van der Waals surface area contributed by atoms with Crippen LogP contribution in [0.25, 0.3) is 0 Å². The molecular weight excluding hydrogens is 258 g/mol. The number of alkyl halides is 1. The second kappa shape index (κ2) is 6.27. The molecule has 0 spiro atoms. The van der Waals surface area contributed by atoms with Crippen LogP contribution in [0, 0.1) is 5.92 Å². The first kappa shape index (κ1) is 15.1. The number of esters is 1. The van der Waals surface area contributed by atoms with Crippen molar-refractivity contribution in [2.24, 2.45) is 5.92 Å². The van der Waals surface area contributed by atoms with Gasteiger partial charge in [0, 0.05) is 13.1 Å². The van der Waals surface area contributed by atoms with Crippen molar-refractivity contribution in [3.8, 4) is 0 Å². The van der Waals surface area contributed by atoms with Crippen LogP contribution in [0.5, 0.6) is 0 Å². The number of likely N-dealkylation sites (tertiary alicyclic amines) is 1. The van der Waals surface area contributed by atoms with Crippen molar-refractivity contribution >= 4 is 23.7 Å². The highest BCUT2D eigenvalue weighted by Crippen LogP contribution is 2.20. The third-order valence-corrected chi connectivity index (χ3v) is 2.71. The molecule has 1 saturated heterocycles. The molecule has 0 unspecified atom stereocenters. The Hall–Kier alpha value is -0.970. The number of carbonyl (C=O) groups is 2. The predicted octanol–water partition coefficient (Wildman–Crippen LogP) is 2.37. The van der Waals surface area contributed by atoms with E-state index < -0.39 is 5.60 Å². The summed E-state index contributed by atoms with van der Waals surface area (Å²) in [4.78, 5) is 25.0. The third kappa shape index (κ3) is 4.72. The number of piperidine rings is 1. The average molecular weight is 278 g/mol. The number of halogens is 1. The lowest BCUT2D eigenvalue weighted by atomic mass is 9.99. The molecule has 104 valence electrons. The van der Waals surface area contributed by atoms with Crippen molar-refractivity contribution in [2.45, 2.75) is 39.2 Å². The molecule has 1 fully saturated rings. The summed E-state index contributed by atoms with van der Waals surface area (Å²) >= 11 is 5.35. The minimum atomic E-state index is -0.527. The Morgan fingerprint density at radius 1 is 1.39 bits per heavy atom. The highest BCUT2D eigenvalue weighted by molar-refractivity contribution is 6.17. The van der Waals surface area contributed by atoms with E-state index in [1.54, 1.807) is 4.90 Å². The van der Waals surface area contributed by atoms with Crippen molar-refractivity contribution in [3.05, 3.63) is 0 Å². The molecule has 0 bridgehead atoms. The fraction of sp³-hybridized carbons (Fsp3) is 0.833. The lowest BCUT2D eigenvalue weighted by Gasteiger charge is -2.33. The first-order chi connectivity index (χ1) is 8.33. The first-order valence-corrected chi connectivity index (χ1v) is 6.57. The molecule has 1 aliphatic heterocycles. The zero-order valence-electron chi connectivity index (χ0n) is 11.1. The van der Waals surface area contributed by atoms with Crippen LogP contribution in [-0.4, -0.2) is 41.7 Å². The monoisotopic (exact) mass is 277 g/mol. The standard InChI is InChI=1S/C12H20ClNO4/c1-12(2,3)18-11(16)14-6-4-5-9(7-14)10(15)17-8-13/h9H,4-8H2,1-3H3/t9-/m1/s1. The maximum Gasteiger partial charge on any atom is 0.410 e. The quantitative estimate of drug-likeness (QED) is 0.574. The van der Waals surface area contributed by atoms with E-state index in [0.29, 0.717) is 13.1 Å². The topological polar surface area (TPSA) is 55.8 Å². The molecule has 0 aromatic heterocycles. The minimum Gasteiger partial charge on any atom is -0.449 e. The van der Waals surface area contributed by atoms with Crippen molar-refractivity contribution in [2.75, 3.05) is 19.2 Å². The molecule has 18 heavy (non-hydrogen) atoms. The fourth-order valence-corrected chi connectivity index (χ4v) is 1.94. The van der Waals surface area contributed by atoms with Crippen molar-refractivity contribution < 1.29 is 19.1 Å². The van der Waals surface area contributed by atoms with Gasteiger partial charge in [-0.05, 0) is 33.6 Å². The van der Waals surface area contributed by atoms with Gasteiger partial charge in [-0.1, -0.05) is 11.6 Å². The van der Waals surface area contributed by atoms with E-state index in [2.05, 4.69) is 0 Å². The van der Waals surface area contributed by atoms with Crippen LogP contribution in [0.15, 0.2) is 0 Å². The summed E-state index contributed by atoms with van der Waals surface area (Å²) < 4.78 is 10.0. The van der Waals surface area contributed by atoms with Crippen molar-refractivity contribution in [3.63, 3.8) is 0 Å². The molecule has 0 radical (unpaired) electrons. The Labute approximate surface area is 112 Å². The summed E-state index contributed by atoms with van der Waals surface area (Å²) in [6.07, 6.45) is 1.10. The molecule has 6 heteroatoms. The van der Waals surface area contributed by atoms with Gasteiger partial charge >= 0.3 is 12.1 Å². The van der Waals surface area contributed by atoms with Crippen LogP contribution >= 0.6 is 11.6 Å². The van der Waals surface area contributed by atoms with Gasteiger partial charge in [-0.3, -0.25) is 4.79 Å². The van der Waals surface area contributed by atoms with Crippen LogP contribution in [-0.2, 0) is 14.3 Å². The number of carbonyl (C=O) groups excluding carboxylic acids is 2. The Morgan fingerprint density at radius 2 is 2.06 bits per heavy atom. The highest BCUT2D eigenvalue weighted by atomic mass is 35.5. The molecule has 1 amide bonds. The summed E-state index contributed by atoms with van der Waals surface area (Å²) in [5.41, 5.74) is -0.527. The van der Waals surface area contributed by atoms with E-state index in [-0.39, 0.29) is 24.0 Å². The van der Waals surface area contributed by atoms with Gasteiger partial charge < -0.3 is 14.4 Å². The Kier molecular flexibility index (Phi) is 5.26. The van der Waals surface area contributed by atoms with Gasteiger partial charge in [-0.15, -0.1) is 0 Å². The number of hydrogen-bond donors (Lipinski definition) is 0. The summed E-state index contributed by atoms with van der Waals surface area (Å²) in [5.74, 6) is -0.650. The average Bonchev–Trinajstić information content (AvgIpc) is 2.27. The van der Waals surface area contributed by atoms with Gasteiger partial charge in [-0.25, -0.2) is 4.79 Å². The maximum absolute atomic E-state index is 11.9. The normalized spacial score (nSPS) is 20.4. The van der Waals surface area contributed by atoms with Gasteiger partial charge in [0.25, 0.3) is 0 Å². The van der Waals surface area contributed by atoms with E-state index in [4.69, 9.17) is 21.1 Å². The Bertz CT molecular complexity index is 314. The molecule has 1 heterocycles. The Morgan fingerprint density at radius 3 is 2.61 bits per heavy atom.